The summed E-state index contributed by atoms with van der Waals surface area (Å²) in [6.45, 7) is 2.29. The third-order valence-electron chi connectivity index (χ3n) is 10.3. The number of pyridine rings is 2. The van der Waals surface area contributed by atoms with Gasteiger partial charge in [-0.2, -0.15) is 0 Å². The number of nitrogens with zero attached hydrogens (tertiary/aromatic N) is 2. The van der Waals surface area contributed by atoms with Crippen LogP contribution in [0.3, 0.4) is 0 Å². The monoisotopic (exact) mass is 652 g/mol. The zero-order chi connectivity index (χ0) is 34.0. The summed E-state index contributed by atoms with van der Waals surface area (Å²) < 4.78 is 0. The van der Waals surface area contributed by atoms with Crippen molar-refractivity contribution in [2.75, 3.05) is 0 Å². The fraction of sp³-hybridized carbons (Fsp3) is 0.250. The van der Waals surface area contributed by atoms with Crippen LogP contribution in [-0.2, 0) is 6.42 Å². The lowest BCUT2D eigenvalue weighted by Gasteiger charge is -2.19. The maximum absolute atomic E-state index is 4.22. The molecule has 0 spiro atoms. The molecular weight excluding hydrogens is 605 g/mol. The second kappa shape index (κ2) is 16.5. The van der Waals surface area contributed by atoms with Gasteiger partial charge in [0.15, 0.2) is 0 Å². The summed E-state index contributed by atoms with van der Waals surface area (Å²) in [5.41, 5.74) is 11.3. The Morgan fingerprint density at radius 3 is 1.26 bits per heavy atom. The van der Waals surface area contributed by atoms with Crippen molar-refractivity contribution < 1.29 is 0 Å². The molecule has 0 amide bonds. The number of aryl methyl sites for hydroxylation is 1. The molecule has 0 atom stereocenters. The van der Waals surface area contributed by atoms with Crippen LogP contribution in [0.1, 0.15) is 76.7 Å². The molecule has 2 heterocycles. The van der Waals surface area contributed by atoms with Gasteiger partial charge in [-0.05, 0) is 109 Å². The second-order valence-corrected chi connectivity index (χ2v) is 13.7. The highest BCUT2D eigenvalue weighted by atomic mass is 14.6. The number of benzene rings is 5. The van der Waals surface area contributed by atoms with Crippen molar-refractivity contribution >= 4 is 21.5 Å². The lowest BCUT2D eigenvalue weighted by atomic mass is 9.84. The molecule has 0 aliphatic heterocycles. The first kappa shape index (κ1) is 33.4. The van der Waals surface area contributed by atoms with Crippen molar-refractivity contribution in [3.05, 3.63) is 146 Å². The van der Waals surface area contributed by atoms with Crippen molar-refractivity contribution in [2.45, 2.75) is 77.6 Å². The Morgan fingerprint density at radius 2 is 0.760 bits per heavy atom. The summed E-state index contributed by atoms with van der Waals surface area (Å²) in [6, 6.07) is 42.7. The fourth-order valence-corrected chi connectivity index (χ4v) is 7.57. The number of hydrogen-bond donors (Lipinski definition) is 0. The Kier molecular flexibility index (Phi) is 11.1. The molecule has 250 valence electrons. The van der Waals surface area contributed by atoms with Gasteiger partial charge in [0.25, 0.3) is 0 Å². The highest BCUT2D eigenvalue weighted by Crippen LogP contribution is 2.44. The molecule has 0 radical (unpaired) electrons. The Bertz CT molecular complexity index is 2120. The number of hydrogen-bond acceptors (Lipinski definition) is 2. The largest absolute Gasteiger partial charge is 0.265 e. The molecule has 0 unspecified atom stereocenters. The van der Waals surface area contributed by atoms with Crippen LogP contribution in [-0.4, -0.2) is 9.97 Å². The van der Waals surface area contributed by atoms with Crippen LogP contribution in [0, 0.1) is 0 Å². The maximum atomic E-state index is 4.22. The zero-order valence-electron chi connectivity index (χ0n) is 29.5. The average molecular weight is 653 g/mol. The minimum Gasteiger partial charge on any atom is -0.265 e. The molecule has 2 nitrogen and oxygen atoms in total. The van der Waals surface area contributed by atoms with E-state index in [1.807, 2.05) is 24.8 Å². The summed E-state index contributed by atoms with van der Waals surface area (Å²) in [5.74, 6) is 0. The van der Waals surface area contributed by atoms with Crippen molar-refractivity contribution in [2.24, 2.45) is 0 Å². The van der Waals surface area contributed by atoms with E-state index in [1.165, 1.54) is 136 Å². The SMILES string of the molecule is CCCCCCCCCCCCc1ccc2c(-c3ccc(-c4ccncc4)cc3)c3ccccc3c(-c3ccc(-c4ccncc4)cc3)c2c1. The van der Waals surface area contributed by atoms with Crippen LogP contribution in [0.25, 0.3) is 66.1 Å². The molecule has 7 rings (SSSR count). The minimum atomic E-state index is 1.12. The van der Waals surface area contributed by atoms with Crippen LogP contribution in [0.4, 0.5) is 0 Å². The Morgan fingerprint density at radius 1 is 0.360 bits per heavy atom. The lowest BCUT2D eigenvalue weighted by Crippen LogP contribution is -1.93. The Balaban J connectivity index is 1.24. The molecule has 7 aromatic rings. The molecule has 0 bridgehead atoms. The summed E-state index contributed by atoms with van der Waals surface area (Å²) >= 11 is 0. The third kappa shape index (κ3) is 7.71. The van der Waals surface area contributed by atoms with Crippen LogP contribution in [0.15, 0.2) is 140 Å². The Labute approximate surface area is 298 Å². The predicted octanol–water partition coefficient (Wildman–Crippen LogP) is 13.9. The van der Waals surface area contributed by atoms with E-state index >= 15 is 0 Å². The van der Waals surface area contributed by atoms with Crippen LogP contribution in [0.2, 0.25) is 0 Å². The van der Waals surface area contributed by atoms with Gasteiger partial charge in [-0.1, -0.05) is 156 Å². The quantitative estimate of drug-likeness (QED) is 0.0813. The summed E-state index contributed by atoms with van der Waals surface area (Å²) in [7, 11) is 0. The first-order valence-electron chi connectivity index (χ1n) is 18.8. The van der Waals surface area contributed by atoms with Gasteiger partial charge in [0.1, 0.15) is 0 Å². The molecule has 2 aromatic heterocycles. The third-order valence-corrected chi connectivity index (χ3v) is 10.3. The van der Waals surface area contributed by atoms with Crippen LogP contribution in [0.5, 0.6) is 0 Å². The topological polar surface area (TPSA) is 25.8 Å². The number of aromatic nitrogens is 2. The van der Waals surface area contributed by atoms with Gasteiger partial charge in [-0.15, -0.1) is 0 Å². The van der Waals surface area contributed by atoms with Gasteiger partial charge >= 0.3 is 0 Å². The van der Waals surface area contributed by atoms with E-state index in [0.29, 0.717) is 0 Å². The molecule has 0 aliphatic rings. The summed E-state index contributed by atoms with van der Waals surface area (Å²) in [4.78, 5) is 8.42. The molecule has 0 aliphatic carbocycles. The van der Waals surface area contributed by atoms with Gasteiger partial charge in [-0.25, -0.2) is 0 Å². The fourth-order valence-electron chi connectivity index (χ4n) is 7.57. The Hall–Kier alpha value is -5.08. The normalized spacial score (nSPS) is 11.4. The summed E-state index contributed by atoms with van der Waals surface area (Å²) in [5, 5.41) is 5.21. The van der Waals surface area contributed by atoms with Gasteiger partial charge in [0.05, 0.1) is 0 Å². The van der Waals surface area contributed by atoms with Crippen molar-refractivity contribution in [1.82, 2.24) is 9.97 Å². The predicted molar refractivity (Wildman–Crippen MR) is 214 cm³/mol. The molecular formula is C48H48N2. The van der Waals surface area contributed by atoms with Crippen LogP contribution >= 0.6 is 0 Å². The van der Waals surface area contributed by atoms with E-state index in [1.54, 1.807) is 0 Å². The molecule has 50 heavy (non-hydrogen) atoms. The van der Waals surface area contributed by atoms with Crippen molar-refractivity contribution in [1.29, 1.82) is 0 Å². The van der Waals surface area contributed by atoms with Gasteiger partial charge in [0.2, 0.25) is 0 Å². The molecule has 5 aromatic carbocycles. The van der Waals surface area contributed by atoms with E-state index in [4.69, 9.17) is 0 Å². The standard InChI is InChI=1S/C48H48N2/c1-2-3-4-5-6-7-8-9-10-11-14-36-17-26-45-46(35-36)48(42-24-20-38(21-25-42)40-29-33-50-34-30-40)44-16-13-12-15-43(44)47(45)41-22-18-37(19-23-41)39-27-31-49-32-28-39/h12-13,15-35H,2-11,14H2,1H3. The van der Waals surface area contributed by atoms with Gasteiger partial charge in [0, 0.05) is 24.8 Å². The highest BCUT2D eigenvalue weighted by Gasteiger charge is 2.17. The number of rotatable bonds is 15. The average Bonchev–Trinajstić information content (AvgIpc) is 3.18. The van der Waals surface area contributed by atoms with E-state index in [9.17, 15) is 0 Å². The molecule has 0 saturated carbocycles. The van der Waals surface area contributed by atoms with E-state index in [-0.39, 0.29) is 0 Å². The van der Waals surface area contributed by atoms with Gasteiger partial charge < -0.3 is 0 Å². The molecule has 0 fully saturated rings. The number of fused-ring (bicyclic) bond motifs is 2. The number of unbranched alkanes of at least 4 members (excludes halogenated alkanes) is 9. The van der Waals surface area contributed by atoms with Crippen molar-refractivity contribution in [3.8, 4) is 44.5 Å². The molecule has 2 heteroatoms. The zero-order valence-corrected chi connectivity index (χ0v) is 29.5. The first-order chi connectivity index (χ1) is 24.8. The minimum absolute atomic E-state index is 1.12. The van der Waals surface area contributed by atoms with E-state index in [0.717, 1.165) is 6.42 Å². The second-order valence-electron chi connectivity index (χ2n) is 13.7. The van der Waals surface area contributed by atoms with E-state index < -0.39 is 0 Å². The summed E-state index contributed by atoms with van der Waals surface area (Å²) in [6.07, 6.45) is 22.2. The smallest absolute Gasteiger partial charge is 0.0273 e. The maximum Gasteiger partial charge on any atom is 0.0273 e. The van der Waals surface area contributed by atoms with Gasteiger partial charge in [-0.3, -0.25) is 9.97 Å². The first-order valence-corrected chi connectivity index (χ1v) is 18.8. The van der Waals surface area contributed by atoms with Crippen LogP contribution < -0.4 is 0 Å². The molecule has 0 N–H and O–H groups in total. The molecule has 0 saturated heterocycles. The van der Waals surface area contributed by atoms with E-state index in [2.05, 4.69) is 132 Å². The highest BCUT2D eigenvalue weighted by molar-refractivity contribution is 6.21. The lowest BCUT2D eigenvalue weighted by molar-refractivity contribution is 0.556. The van der Waals surface area contributed by atoms with Crippen molar-refractivity contribution in [3.63, 3.8) is 0 Å².